The van der Waals surface area contributed by atoms with Gasteiger partial charge in [0.15, 0.2) is 5.13 Å². The Labute approximate surface area is 179 Å². The van der Waals surface area contributed by atoms with E-state index in [4.69, 9.17) is 11.6 Å². The van der Waals surface area contributed by atoms with Gasteiger partial charge < -0.3 is 4.90 Å². The maximum atomic E-state index is 14.1. The normalized spacial score (nSPS) is 10.9. The van der Waals surface area contributed by atoms with Gasteiger partial charge >= 0.3 is 0 Å². The van der Waals surface area contributed by atoms with E-state index in [1.807, 2.05) is 6.07 Å². The topological polar surface area (TPSA) is 36.4 Å². The lowest BCUT2D eigenvalue weighted by Crippen LogP contribution is -2.39. The van der Waals surface area contributed by atoms with Crippen LogP contribution in [0.15, 0.2) is 42.5 Å². The van der Waals surface area contributed by atoms with E-state index in [1.54, 1.807) is 35.2 Å². The number of halogens is 3. The molecule has 150 valence electrons. The molecule has 1 heterocycles. The number of aromatic nitrogens is 1. The first-order chi connectivity index (χ1) is 13.0. The van der Waals surface area contributed by atoms with Crippen LogP contribution in [0.4, 0.5) is 9.52 Å². The summed E-state index contributed by atoms with van der Waals surface area (Å²) in [4.78, 5) is 21.4. The maximum absolute atomic E-state index is 14.1. The van der Waals surface area contributed by atoms with E-state index in [2.05, 4.69) is 23.7 Å². The Balaban J connectivity index is 0.00000280. The van der Waals surface area contributed by atoms with E-state index in [9.17, 15) is 9.18 Å². The number of benzene rings is 2. The van der Waals surface area contributed by atoms with Crippen molar-refractivity contribution in [1.29, 1.82) is 0 Å². The second kappa shape index (κ2) is 10.2. The summed E-state index contributed by atoms with van der Waals surface area (Å²) in [6, 6.07) is 11.8. The number of carbonyl (C=O) groups excluding carboxylic acids is 1. The molecule has 3 aromatic rings. The van der Waals surface area contributed by atoms with Crippen molar-refractivity contribution in [3.63, 3.8) is 0 Å². The molecule has 3 rings (SSSR count). The molecular formula is C20H22Cl2FN3OS. The first kappa shape index (κ1) is 22.6. The Morgan fingerprint density at radius 1 is 1.11 bits per heavy atom. The third-order valence-corrected chi connectivity index (χ3v) is 5.85. The Bertz CT molecular complexity index is 946. The van der Waals surface area contributed by atoms with E-state index >= 15 is 0 Å². The summed E-state index contributed by atoms with van der Waals surface area (Å²) in [6.45, 7) is 7.08. The van der Waals surface area contributed by atoms with Gasteiger partial charge in [-0.3, -0.25) is 9.69 Å². The minimum atomic E-state index is -0.385. The molecule has 0 aliphatic heterocycles. The fourth-order valence-corrected chi connectivity index (χ4v) is 4.09. The highest BCUT2D eigenvalue weighted by atomic mass is 35.5. The molecule has 2 aromatic carbocycles. The fourth-order valence-electron chi connectivity index (χ4n) is 2.86. The van der Waals surface area contributed by atoms with Crippen molar-refractivity contribution in [2.24, 2.45) is 0 Å². The Hall–Kier alpha value is -1.73. The Morgan fingerprint density at radius 2 is 1.82 bits per heavy atom. The molecule has 0 unspecified atom stereocenters. The first-order valence-electron chi connectivity index (χ1n) is 8.89. The first-order valence-corrected chi connectivity index (χ1v) is 10.1. The number of hydrogen-bond donors (Lipinski definition) is 0. The average Bonchev–Trinajstić information content (AvgIpc) is 3.10. The van der Waals surface area contributed by atoms with Gasteiger partial charge in [0.2, 0.25) is 0 Å². The van der Waals surface area contributed by atoms with Gasteiger partial charge in [-0.1, -0.05) is 55.0 Å². The van der Waals surface area contributed by atoms with Crippen LogP contribution in [0.2, 0.25) is 5.02 Å². The predicted molar refractivity (Wildman–Crippen MR) is 118 cm³/mol. The second-order valence-electron chi connectivity index (χ2n) is 6.05. The summed E-state index contributed by atoms with van der Waals surface area (Å²) < 4.78 is 14.8. The molecule has 0 fully saturated rings. The number of anilines is 1. The molecule has 0 aliphatic carbocycles. The van der Waals surface area contributed by atoms with Crippen LogP contribution in [0, 0.1) is 5.82 Å². The number of rotatable bonds is 7. The zero-order chi connectivity index (χ0) is 19.4. The van der Waals surface area contributed by atoms with E-state index in [0.717, 1.165) is 13.1 Å². The largest absolute Gasteiger partial charge is 0.302 e. The Kier molecular flexibility index (Phi) is 8.19. The Morgan fingerprint density at radius 3 is 2.46 bits per heavy atom. The number of likely N-dealkylation sites (N-methyl/N-ethyl adjacent to an activating group) is 1. The predicted octanol–water partition coefficient (Wildman–Crippen LogP) is 5.50. The fraction of sp³-hybridized carbons (Fsp3) is 0.300. The summed E-state index contributed by atoms with van der Waals surface area (Å²) in [7, 11) is 0. The summed E-state index contributed by atoms with van der Waals surface area (Å²) in [5.41, 5.74) is 0.704. The average molecular weight is 442 g/mol. The van der Waals surface area contributed by atoms with Crippen LogP contribution in [0.25, 0.3) is 10.2 Å². The van der Waals surface area contributed by atoms with Crippen LogP contribution in [0.1, 0.15) is 24.2 Å². The van der Waals surface area contributed by atoms with Gasteiger partial charge in [0.25, 0.3) is 5.91 Å². The molecular weight excluding hydrogens is 420 g/mol. The molecule has 1 aromatic heterocycles. The molecule has 0 radical (unpaired) electrons. The number of para-hydroxylation sites is 1. The van der Waals surface area contributed by atoms with E-state index in [-0.39, 0.29) is 29.6 Å². The van der Waals surface area contributed by atoms with Crippen LogP contribution >= 0.6 is 35.3 Å². The zero-order valence-corrected chi connectivity index (χ0v) is 18.1. The highest BCUT2D eigenvalue weighted by molar-refractivity contribution is 7.22. The molecule has 0 aliphatic rings. The summed E-state index contributed by atoms with van der Waals surface area (Å²) >= 11 is 7.54. The van der Waals surface area contributed by atoms with Gasteiger partial charge in [-0.15, -0.1) is 12.4 Å². The molecule has 1 amide bonds. The van der Waals surface area contributed by atoms with Crippen LogP contribution in [-0.2, 0) is 0 Å². The molecule has 8 heteroatoms. The van der Waals surface area contributed by atoms with Gasteiger partial charge in [0.1, 0.15) is 11.3 Å². The van der Waals surface area contributed by atoms with Crippen LogP contribution in [0.5, 0.6) is 0 Å². The van der Waals surface area contributed by atoms with Crippen LogP contribution in [-0.4, -0.2) is 42.0 Å². The van der Waals surface area contributed by atoms with Crippen LogP contribution in [0.3, 0.4) is 0 Å². The molecule has 0 bridgehead atoms. The highest BCUT2D eigenvalue weighted by Crippen LogP contribution is 2.31. The van der Waals surface area contributed by atoms with Crippen molar-refractivity contribution in [2.75, 3.05) is 31.1 Å². The molecule has 0 saturated heterocycles. The van der Waals surface area contributed by atoms with Crippen molar-refractivity contribution < 1.29 is 9.18 Å². The highest BCUT2D eigenvalue weighted by Gasteiger charge is 2.24. The summed E-state index contributed by atoms with van der Waals surface area (Å²) in [5.74, 6) is -0.615. The van der Waals surface area contributed by atoms with E-state index < -0.39 is 0 Å². The number of amides is 1. The third-order valence-electron chi connectivity index (χ3n) is 4.47. The monoisotopic (exact) mass is 441 g/mol. The van der Waals surface area contributed by atoms with Crippen molar-refractivity contribution in [2.45, 2.75) is 13.8 Å². The lowest BCUT2D eigenvalue weighted by atomic mass is 10.2. The number of carbonyl (C=O) groups is 1. The van der Waals surface area contributed by atoms with Gasteiger partial charge in [0, 0.05) is 13.1 Å². The standard InChI is InChI=1S/C20H21ClFN3OS.ClH/c1-3-24(4-2)12-13-25(19(26)14-8-5-6-9-15(14)21)20-23-18-16(22)10-7-11-17(18)27-20;/h5-11H,3-4,12-13H2,1-2H3;1H. The third kappa shape index (κ3) is 4.81. The maximum Gasteiger partial charge on any atom is 0.261 e. The van der Waals surface area contributed by atoms with Crippen molar-refractivity contribution >= 4 is 56.6 Å². The smallest absolute Gasteiger partial charge is 0.261 e. The molecule has 0 saturated carbocycles. The summed E-state index contributed by atoms with van der Waals surface area (Å²) in [6.07, 6.45) is 0. The number of fused-ring (bicyclic) bond motifs is 1. The van der Waals surface area contributed by atoms with E-state index in [0.29, 0.717) is 33.5 Å². The second-order valence-corrected chi connectivity index (χ2v) is 7.46. The van der Waals surface area contributed by atoms with Crippen molar-refractivity contribution in [3.8, 4) is 0 Å². The molecule has 0 N–H and O–H groups in total. The number of nitrogens with zero attached hydrogens (tertiary/aromatic N) is 3. The minimum Gasteiger partial charge on any atom is -0.302 e. The SMILES string of the molecule is CCN(CC)CCN(C(=O)c1ccccc1Cl)c1nc2c(F)cccc2s1.Cl. The molecule has 0 atom stereocenters. The zero-order valence-electron chi connectivity index (χ0n) is 15.7. The van der Waals surface area contributed by atoms with Crippen molar-refractivity contribution in [3.05, 3.63) is 58.9 Å². The number of thiazole rings is 1. The quantitative estimate of drug-likeness (QED) is 0.485. The summed E-state index contributed by atoms with van der Waals surface area (Å²) in [5, 5.41) is 0.870. The number of hydrogen-bond acceptors (Lipinski definition) is 4. The minimum absolute atomic E-state index is 0. The van der Waals surface area contributed by atoms with Gasteiger partial charge in [-0.25, -0.2) is 9.37 Å². The van der Waals surface area contributed by atoms with E-state index in [1.165, 1.54) is 17.4 Å². The van der Waals surface area contributed by atoms with Gasteiger partial charge in [-0.05, 0) is 37.4 Å². The van der Waals surface area contributed by atoms with Crippen molar-refractivity contribution in [1.82, 2.24) is 9.88 Å². The van der Waals surface area contributed by atoms with Gasteiger partial charge in [0.05, 0.1) is 15.3 Å². The lowest BCUT2D eigenvalue weighted by molar-refractivity contribution is 0.0984. The molecule has 4 nitrogen and oxygen atoms in total. The van der Waals surface area contributed by atoms with Gasteiger partial charge in [-0.2, -0.15) is 0 Å². The lowest BCUT2D eigenvalue weighted by Gasteiger charge is -2.25. The van der Waals surface area contributed by atoms with Crippen LogP contribution < -0.4 is 4.90 Å². The molecule has 28 heavy (non-hydrogen) atoms. The molecule has 0 spiro atoms.